The maximum Gasteiger partial charge on any atom is 0.257 e. The maximum atomic E-state index is 11.7. The molecule has 0 N–H and O–H groups in total. The molecule has 0 aromatic heterocycles. The van der Waals surface area contributed by atoms with E-state index in [0.29, 0.717) is 12.3 Å². The minimum absolute atomic E-state index is 0.0230. The Morgan fingerprint density at radius 1 is 1.79 bits per heavy atom. The molecule has 0 radical (unpaired) electrons. The Morgan fingerprint density at radius 2 is 2.50 bits per heavy atom. The van der Waals surface area contributed by atoms with Crippen LogP contribution in [0, 0.1) is 5.92 Å². The molecule has 0 saturated carbocycles. The van der Waals surface area contributed by atoms with Crippen molar-refractivity contribution in [2.24, 2.45) is 16.2 Å². The Bertz CT molecular complexity index is 273. The summed E-state index contributed by atoms with van der Waals surface area (Å²) in [6.07, 6.45) is 2.51. The van der Waals surface area contributed by atoms with Crippen LogP contribution < -0.4 is 0 Å². The second-order valence-electron chi connectivity index (χ2n) is 3.12. The number of hydrazone groups is 1. The van der Waals surface area contributed by atoms with Gasteiger partial charge >= 0.3 is 0 Å². The zero-order valence-corrected chi connectivity index (χ0v) is 8.73. The van der Waals surface area contributed by atoms with Crippen LogP contribution in [0.5, 0.6) is 0 Å². The first-order valence-electron chi connectivity index (χ1n) is 4.63. The van der Waals surface area contributed by atoms with E-state index >= 15 is 0 Å². The summed E-state index contributed by atoms with van der Waals surface area (Å²) in [7, 11) is 1.46. The van der Waals surface area contributed by atoms with E-state index in [2.05, 4.69) is 15.1 Å². The van der Waals surface area contributed by atoms with Crippen LogP contribution in [0.15, 0.2) is 10.3 Å². The van der Waals surface area contributed by atoms with E-state index in [1.54, 1.807) is 13.1 Å². The summed E-state index contributed by atoms with van der Waals surface area (Å²) >= 11 is 0. The van der Waals surface area contributed by atoms with E-state index < -0.39 is 0 Å². The summed E-state index contributed by atoms with van der Waals surface area (Å²) in [5.74, 6) is -0.369. The zero-order chi connectivity index (χ0) is 10.6. The van der Waals surface area contributed by atoms with E-state index in [4.69, 9.17) is 0 Å². The molecule has 0 bridgehead atoms. The van der Waals surface area contributed by atoms with Crippen LogP contribution in [0.1, 0.15) is 20.3 Å². The van der Waals surface area contributed by atoms with Crippen molar-refractivity contribution in [3.05, 3.63) is 0 Å². The topological polar surface area (TPSA) is 54.3 Å². The summed E-state index contributed by atoms with van der Waals surface area (Å²) in [4.78, 5) is 16.3. The van der Waals surface area contributed by atoms with Gasteiger partial charge in [-0.15, -0.1) is 0 Å². The lowest BCUT2D eigenvalue weighted by atomic mass is 10.1. The van der Waals surface area contributed by atoms with Crippen molar-refractivity contribution < 1.29 is 9.63 Å². The van der Waals surface area contributed by atoms with Crippen molar-refractivity contribution in [3.63, 3.8) is 0 Å². The highest BCUT2D eigenvalue weighted by Crippen LogP contribution is 2.12. The molecule has 0 aliphatic carbocycles. The van der Waals surface area contributed by atoms with E-state index in [0.717, 1.165) is 6.42 Å². The monoisotopic (exact) mass is 197 g/mol. The molecule has 1 rings (SSSR count). The molecule has 78 valence electrons. The molecule has 1 amide bonds. The fourth-order valence-electron chi connectivity index (χ4n) is 1.30. The summed E-state index contributed by atoms with van der Waals surface area (Å²) < 4.78 is 0. The average molecular weight is 197 g/mol. The molecule has 1 aliphatic rings. The van der Waals surface area contributed by atoms with Crippen LogP contribution in [-0.4, -0.2) is 36.5 Å². The van der Waals surface area contributed by atoms with Crippen LogP contribution >= 0.6 is 0 Å². The highest BCUT2D eigenvalue weighted by atomic mass is 16.6. The van der Waals surface area contributed by atoms with Gasteiger partial charge in [0.05, 0.1) is 5.71 Å². The van der Waals surface area contributed by atoms with Crippen molar-refractivity contribution in [1.29, 1.82) is 0 Å². The minimum atomic E-state index is -0.346. The molecule has 0 aromatic rings. The third kappa shape index (κ3) is 2.10. The average Bonchev–Trinajstić information content (AvgIpc) is 2.49. The number of nitrogens with zero attached hydrogens (tertiary/aromatic N) is 3. The Balaban J connectivity index is 2.65. The van der Waals surface area contributed by atoms with E-state index in [-0.39, 0.29) is 11.8 Å². The van der Waals surface area contributed by atoms with Crippen molar-refractivity contribution in [2.45, 2.75) is 20.3 Å². The first-order valence-corrected chi connectivity index (χ1v) is 4.63. The van der Waals surface area contributed by atoms with Gasteiger partial charge in [0, 0.05) is 12.8 Å². The molecule has 5 nitrogen and oxygen atoms in total. The van der Waals surface area contributed by atoms with Crippen LogP contribution in [-0.2, 0) is 9.63 Å². The van der Waals surface area contributed by atoms with Gasteiger partial charge in [0.15, 0.2) is 0 Å². The summed E-state index contributed by atoms with van der Waals surface area (Å²) in [5.41, 5.74) is 0.639. The van der Waals surface area contributed by atoms with Crippen LogP contribution in [0.4, 0.5) is 0 Å². The number of carbonyl (C=O) groups excluding carboxylic acids is 1. The quantitative estimate of drug-likeness (QED) is 0.496. The standard InChI is InChI=1S/C9H15N3O2/c1-4-5-12-9(13)8(6-10-12)7(2)11-14-3/h6,8H,4-5H2,1-3H3. The van der Waals surface area contributed by atoms with Gasteiger partial charge in [0.1, 0.15) is 13.0 Å². The number of carbonyl (C=O) groups is 1. The number of oxime groups is 1. The molecule has 1 unspecified atom stereocenters. The first kappa shape index (κ1) is 10.7. The van der Waals surface area contributed by atoms with Gasteiger partial charge in [0.2, 0.25) is 0 Å². The fraction of sp³-hybridized carbons (Fsp3) is 0.667. The van der Waals surface area contributed by atoms with Gasteiger partial charge in [-0.25, -0.2) is 5.01 Å². The lowest BCUT2D eigenvalue weighted by Crippen LogP contribution is -2.30. The molecular formula is C9H15N3O2. The Morgan fingerprint density at radius 3 is 3.07 bits per heavy atom. The second-order valence-corrected chi connectivity index (χ2v) is 3.12. The van der Waals surface area contributed by atoms with Crippen LogP contribution in [0.3, 0.4) is 0 Å². The van der Waals surface area contributed by atoms with Crippen LogP contribution in [0.2, 0.25) is 0 Å². The van der Waals surface area contributed by atoms with Crippen molar-refractivity contribution in [3.8, 4) is 0 Å². The summed E-state index contributed by atoms with van der Waals surface area (Å²) in [6.45, 7) is 4.42. The van der Waals surface area contributed by atoms with Gasteiger partial charge < -0.3 is 4.84 Å². The second kappa shape index (κ2) is 4.74. The SMILES string of the molecule is CCCN1N=CC(C(C)=NOC)C1=O. The van der Waals surface area contributed by atoms with E-state index in [1.807, 2.05) is 6.92 Å². The third-order valence-corrected chi connectivity index (χ3v) is 2.00. The summed E-state index contributed by atoms with van der Waals surface area (Å²) in [5, 5.41) is 9.21. The van der Waals surface area contributed by atoms with Gasteiger partial charge in [-0.3, -0.25) is 4.79 Å². The van der Waals surface area contributed by atoms with E-state index in [1.165, 1.54) is 12.1 Å². The molecule has 5 heteroatoms. The Hall–Kier alpha value is -1.39. The van der Waals surface area contributed by atoms with Crippen molar-refractivity contribution in [2.75, 3.05) is 13.7 Å². The minimum Gasteiger partial charge on any atom is -0.399 e. The van der Waals surface area contributed by atoms with Gasteiger partial charge in [-0.05, 0) is 13.3 Å². The molecule has 14 heavy (non-hydrogen) atoms. The van der Waals surface area contributed by atoms with Crippen molar-refractivity contribution >= 4 is 17.8 Å². The normalized spacial score (nSPS) is 21.9. The molecular weight excluding hydrogens is 182 g/mol. The third-order valence-electron chi connectivity index (χ3n) is 2.00. The number of amides is 1. The largest absolute Gasteiger partial charge is 0.399 e. The van der Waals surface area contributed by atoms with Gasteiger partial charge in [0.25, 0.3) is 5.91 Å². The predicted octanol–water partition coefficient (Wildman–Crippen LogP) is 0.863. The molecule has 1 atom stereocenters. The van der Waals surface area contributed by atoms with E-state index in [9.17, 15) is 4.79 Å². The zero-order valence-electron chi connectivity index (χ0n) is 8.73. The smallest absolute Gasteiger partial charge is 0.257 e. The lowest BCUT2D eigenvalue weighted by molar-refractivity contribution is -0.130. The van der Waals surface area contributed by atoms with Crippen LogP contribution in [0.25, 0.3) is 0 Å². The maximum absolute atomic E-state index is 11.7. The number of rotatable bonds is 4. The Kier molecular flexibility index (Phi) is 3.62. The van der Waals surface area contributed by atoms with Gasteiger partial charge in [-0.2, -0.15) is 5.10 Å². The highest BCUT2D eigenvalue weighted by Gasteiger charge is 2.30. The summed E-state index contributed by atoms with van der Waals surface area (Å²) in [6, 6.07) is 0. The molecule has 0 aromatic carbocycles. The van der Waals surface area contributed by atoms with Gasteiger partial charge in [-0.1, -0.05) is 12.1 Å². The fourth-order valence-corrected chi connectivity index (χ4v) is 1.30. The number of hydrogen-bond acceptors (Lipinski definition) is 4. The molecule has 1 aliphatic heterocycles. The number of hydrogen-bond donors (Lipinski definition) is 0. The first-order chi connectivity index (χ1) is 6.70. The molecule has 0 saturated heterocycles. The molecule has 1 heterocycles. The Labute approximate surface area is 83.4 Å². The highest BCUT2D eigenvalue weighted by molar-refractivity contribution is 6.16. The van der Waals surface area contributed by atoms with Crippen molar-refractivity contribution in [1.82, 2.24) is 5.01 Å². The lowest BCUT2D eigenvalue weighted by Gasteiger charge is -2.12. The molecule has 0 fully saturated rings. The predicted molar refractivity (Wildman–Crippen MR) is 54.1 cm³/mol. The molecule has 0 spiro atoms.